The van der Waals surface area contributed by atoms with Crippen LogP contribution in [0.3, 0.4) is 0 Å². The zero-order valence-corrected chi connectivity index (χ0v) is 15.0. The van der Waals surface area contributed by atoms with Crippen molar-refractivity contribution in [1.29, 1.82) is 0 Å². The summed E-state index contributed by atoms with van der Waals surface area (Å²) in [6, 6.07) is 3.47. The van der Waals surface area contributed by atoms with Crippen LogP contribution in [0.4, 0.5) is 0 Å². The SMILES string of the molecule is CCOc1cc(C(=O)N2CCO[C@H](C)C2)cc(OCC)c1OCC. The third kappa shape index (κ3) is 4.32. The summed E-state index contributed by atoms with van der Waals surface area (Å²) < 4.78 is 22.5. The first kappa shape index (κ1) is 18.4. The highest BCUT2D eigenvalue weighted by Crippen LogP contribution is 2.39. The quantitative estimate of drug-likeness (QED) is 0.766. The number of amides is 1. The molecule has 2 rings (SSSR count). The Labute approximate surface area is 143 Å². The van der Waals surface area contributed by atoms with Crippen molar-refractivity contribution >= 4 is 5.91 Å². The second-order valence-electron chi connectivity index (χ2n) is 5.53. The van der Waals surface area contributed by atoms with Gasteiger partial charge in [-0.1, -0.05) is 0 Å². The lowest BCUT2D eigenvalue weighted by molar-refractivity contribution is -0.0124. The molecule has 0 saturated carbocycles. The van der Waals surface area contributed by atoms with Crippen molar-refractivity contribution in [2.24, 2.45) is 0 Å². The van der Waals surface area contributed by atoms with E-state index >= 15 is 0 Å². The molecule has 134 valence electrons. The first-order valence-corrected chi connectivity index (χ1v) is 8.57. The van der Waals surface area contributed by atoms with Crippen molar-refractivity contribution in [3.8, 4) is 17.2 Å². The molecule has 24 heavy (non-hydrogen) atoms. The van der Waals surface area contributed by atoms with Crippen molar-refractivity contribution in [2.45, 2.75) is 33.8 Å². The van der Waals surface area contributed by atoms with E-state index in [0.717, 1.165) is 0 Å². The molecule has 0 spiro atoms. The molecule has 0 aromatic heterocycles. The lowest BCUT2D eigenvalue weighted by atomic mass is 10.1. The Hall–Kier alpha value is -1.95. The number of rotatable bonds is 7. The number of nitrogens with zero attached hydrogens (tertiary/aromatic N) is 1. The minimum Gasteiger partial charge on any atom is -0.490 e. The topological polar surface area (TPSA) is 57.2 Å². The second kappa shape index (κ2) is 8.78. The Morgan fingerprint density at radius 3 is 2.21 bits per heavy atom. The van der Waals surface area contributed by atoms with E-state index in [4.69, 9.17) is 18.9 Å². The van der Waals surface area contributed by atoms with E-state index in [9.17, 15) is 4.79 Å². The number of hydrogen-bond acceptors (Lipinski definition) is 5. The van der Waals surface area contributed by atoms with Crippen LogP contribution >= 0.6 is 0 Å². The first-order valence-electron chi connectivity index (χ1n) is 8.57. The van der Waals surface area contributed by atoms with E-state index in [1.807, 2.05) is 27.7 Å². The fraction of sp³-hybridized carbons (Fsp3) is 0.611. The molecule has 1 saturated heterocycles. The van der Waals surface area contributed by atoms with Crippen LogP contribution in [0.15, 0.2) is 12.1 Å². The first-order chi connectivity index (χ1) is 11.6. The summed E-state index contributed by atoms with van der Waals surface area (Å²) in [5.41, 5.74) is 0.541. The predicted molar refractivity (Wildman–Crippen MR) is 91.3 cm³/mol. The van der Waals surface area contributed by atoms with E-state index in [1.165, 1.54) is 0 Å². The molecule has 1 fully saturated rings. The fourth-order valence-corrected chi connectivity index (χ4v) is 2.70. The van der Waals surface area contributed by atoms with Crippen molar-refractivity contribution in [2.75, 3.05) is 39.5 Å². The molecule has 1 aromatic carbocycles. The van der Waals surface area contributed by atoms with E-state index in [2.05, 4.69) is 0 Å². The highest BCUT2D eigenvalue weighted by atomic mass is 16.5. The van der Waals surface area contributed by atoms with Gasteiger partial charge in [0.05, 0.1) is 32.5 Å². The number of carbonyl (C=O) groups excluding carboxylic acids is 1. The molecule has 1 aromatic rings. The minimum atomic E-state index is -0.0462. The maximum absolute atomic E-state index is 12.8. The highest BCUT2D eigenvalue weighted by Gasteiger charge is 2.25. The van der Waals surface area contributed by atoms with Gasteiger partial charge in [0.1, 0.15) is 0 Å². The fourth-order valence-electron chi connectivity index (χ4n) is 2.70. The van der Waals surface area contributed by atoms with Crippen LogP contribution in [0.25, 0.3) is 0 Å². The lowest BCUT2D eigenvalue weighted by Crippen LogP contribution is -2.44. The van der Waals surface area contributed by atoms with Gasteiger partial charge in [-0.25, -0.2) is 0 Å². The van der Waals surface area contributed by atoms with Gasteiger partial charge in [0, 0.05) is 18.7 Å². The minimum absolute atomic E-state index is 0.0446. The molecule has 6 nitrogen and oxygen atoms in total. The third-order valence-corrected chi connectivity index (χ3v) is 3.68. The van der Waals surface area contributed by atoms with Gasteiger partial charge in [0.25, 0.3) is 5.91 Å². The molecule has 0 aliphatic carbocycles. The van der Waals surface area contributed by atoms with Crippen LogP contribution in [-0.4, -0.2) is 56.4 Å². The largest absolute Gasteiger partial charge is 0.490 e. The molecule has 1 aliphatic heterocycles. The Bertz CT molecular complexity index is 533. The van der Waals surface area contributed by atoms with Gasteiger partial charge in [0.15, 0.2) is 11.5 Å². The van der Waals surface area contributed by atoms with E-state index in [1.54, 1.807) is 17.0 Å². The van der Waals surface area contributed by atoms with Crippen molar-refractivity contribution in [3.05, 3.63) is 17.7 Å². The maximum atomic E-state index is 12.8. The maximum Gasteiger partial charge on any atom is 0.254 e. The zero-order chi connectivity index (χ0) is 17.5. The Morgan fingerprint density at radius 2 is 1.71 bits per heavy atom. The normalized spacial score (nSPS) is 17.5. The van der Waals surface area contributed by atoms with Gasteiger partial charge in [-0.2, -0.15) is 0 Å². The van der Waals surface area contributed by atoms with Crippen molar-refractivity contribution < 1.29 is 23.7 Å². The molecule has 0 N–H and O–H groups in total. The van der Waals surface area contributed by atoms with Gasteiger partial charge in [-0.15, -0.1) is 0 Å². The van der Waals surface area contributed by atoms with Gasteiger partial charge in [-0.3, -0.25) is 4.79 Å². The monoisotopic (exact) mass is 337 g/mol. The molecule has 6 heteroatoms. The van der Waals surface area contributed by atoms with Crippen molar-refractivity contribution in [3.63, 3.8) is 0 Å². The summed E-state index contributed by atoms with van der Waals surface area (Å²) in [5, 5.41) is 0. The summed E-state index contributed by atoms with van der Waals surface area (Å²) in [6.07, 6.45) is 0.0446. The highest BCUT2D eigenvalue weighted by molar-refractivity contribution is 5.95. The van der Waals surface area contributed by atoms with Crippen LogP contribution < -0.4 is 14.2 Å². The van der Waals surface area contributed by atoms with Crippen LogP contribution in [-0.2, 0) is 4.74 Å². The second-order valence-corrected chi connectivity index (χ2v) is 5.53. The smallest absolute Gasteiger partial charge is 0.254 e. The van der Waals surface area contributed by atoms with Crippen LogP contribution in [0, 0.1) is 0 Å². The predicted octanol–water partition coefficient (Wildman–Crippen LogP) is 2.74. The summed E-state index contributed by atoms with van der Waals surface area (Å²) in [7, 11) is 0. The molecule has 0 radical (unpaired) electrons. The molecular formula is C18H27NO5. The summed E-state index contributed by atoms with van der Waals surface area (Å²) in [6.45, 7) is 10.9. The summed E-state index contributed by atoms with van der Waals surface area (Å²) in [5.74, 6) is 1.58. The number of carbonyl (C=O) groups is 1. The molecule has 0 unspecified atom stereocenters. The molecule has 1 aliphatic rings. The molecule has 1 atom stereocenters. The summed E-state index contributed by atoms with van der Waals surface area (Å²) in [4.78, 5) is 14.6. The van der Waals surface area contributed by atoms with Crippen LogP contribution in [0.1, 0.15) is 38.1 Å². The van der Waals surface area contributed by atoms with Crippen LogP contribution in [0.5, 0.6) is 17.2 Å². The van der Waals surface area contributed by atoms with E-state index in [0.29, 0.717) is 62.3 Å². The standard InChI is InChI=1S/C18H27NO5/c1-5-21-15-10-14(11-16(22-6-2)17(15)23-7-3)18(20)19-8-9-24-13(4)12-19/h10-11,13H,5-9,12H2,1-4H3/t13-/m1/s1. The Balaban J connectivity index is 2.36. The number of benzene rings is 1. The van der Waals surface area contributed by atoms with E-state index in [-0.39, 0.29) is 12.0 Å². The van der Waals surface area contributed by atoms with Gasteiger partial charge in [-0.05, 0) is 39.8 Å². The van der Waals surface area contributed by atoms with Gasteiger partial charge < -0.3 is 23.8 Å². The molecule has 1 heterocycles. The van der Waals surface area contributed by atoms with Crippen LogP contribution in [0.2, 0.25) is 0 Å². The Morgan fingerprint density at radius 1 is 1.12 bits per heavy atom. The number of hydrogen-bond donors (Lipinski definition) is 0. The van der Waals surface area contributed by atoms with Gasteiger partial charge >= 0.3 is 0 Å². The van der Waals surface area contributed by atoms with E-state index < -0.39 is 0 Å². The number of morpholine rings is 1. The van der Waals surface area contributed by atoms with Crippen molar-refractivity contribution in [1.82, 2.24) is 4.90 Å². The molecule has 1 amide bonds. The van der Waals surface area contributed by atoms with Gasteiger partial charge in [0.2, 0.25) is 5.75 Å². The Kier molecular flexibility index (Phi) is 6.73. The average molecular weight is 337 g/mol. The third-order valence-electron chi connectivity index (χ3n) is 3.68. The average Bonchev–Trinajstić information content (AvgIpc) is 2.57. The summed E-state index contributed by atoms with van der Waals surface area (Å²) >= 11 is 0. The lowest BCUT2D eigenvalue weighted by Gasteiger charge is -2.31. The number of ether oxygens (including phenoxy) is 4. The molecule has 0 bridgehead atoms. The zero-order valence-electron chi connectivity index (χ0n) is 15.0. The molecular weight excluding hydrogens is 310 g/mol.